The van der Waals surface area contributed by atoms with Gasteiger partial charge in [-0.2, -0.15) is 5.10 Å². The topological polar surface area (TPSA) is 140 Å². The lowest BCUT2D eigenvalue weighted by molar-refractivity contribution is -0.134. The lowest BCUT2D eigenvalue weighted by Crippen LogP contribution is -2.39. The first-order valence-corrected chi connectivity index (χ1v) is 14.1. The predicted octanol–water partition coefficient (Wildman–Crippen LogP) is 2.04. The summed E-state index contributed by atoms with van der Waals surface area (Å²) < 4.78 is 34.0. The highest BCUT2D eigenvalue weighted by molar-refractivity contribution is 7.88. The number of imide groups is 1. The number of amides is 3. The molecule has 200 valence electrons. The number of carbonyl (C=O) groups excluding carboxylic acids is 3. The maximum atomic E-state index is 12.6. The van der Waals surface area contributed by atoms with Gasteiger partial charge < -0.3 is 10.1 Å². The van der Waals surface area contributed by atoms with E-state index in [0.29, 0.717) is 47.7 Å². The van der Waals surface area contributed by atoms with Crippen LogP contribution in [0.2, 0.25) is 0 Å². The maximum absolute atomic E-state index is 12.6. The SMILES string of the molecule is Cn1nc(C2CCC(=O)NC2=O)c2cccc(OCC(=O)Nc3ccc(CS(=O)(=O)N4CCCC4)cc3)c21. The number of anilines is 1. The van der Waals surface area contributed by atoms with Gasteiger partial charge >= 0.3 is 0 Å². The average molecular weight is 540 g/mol. The van der Waals surface area contributed by atoms with Gasteiger partial charge in [0.15, 0.2) is 6.61 Å². The summed E-state index contributed by atoms with van der Waals surface area (Å²) >= 11 is 0. The molecule has 11 nitrogen and oxygen atoms in total. The summed E-state index contributed by atoms with van der Waals surface area (Å²) in [7, 11) is -1.61. The first-order chi connectivity index (χ1) is 18.2. The van der Waals surface area contributed by atoms with E-state index in [4.69, 9.17) is 4.74 Å². The smallest absolute Gasteiger partial charge is 0.262 e. The van der Waals surface area contributed by atoms with Crippen molar-refractivity contribution in [2.45, 2.75) is 37.4 Å². The molecule has 1 unspecified atom stereocenters. The van der Waals surface area contributed by atoms with Crippen LogP contribution in [0.25, 0.3) is 10.9 Å². The van der Waals surface area contributed by atoms with E-state index in [2.05, 4.69) is 15.7 Å². The number of sulfonamides is 1. The summed E-state index contributed by atoms with van der Waals surface area (Å²) in [5, 5.41) is 10.4. The Morgan fingerprint density at radius 1 is 1.13 bits per heavy atom. The molecule has 2 aliphatic rings. The fourth-order valence-corrected chi connectivity index (χ4v) is 6.56. The van der Waals surface area contributed by atoms with Gasteiger partial charge in [-0.3, -0.25) is 24.4 Å². The third kappa shape index (κ3) is 5.41. The second-order valence-corrected chi connectivity index (χ2v) is 11.5. The van der Waals surface area contributed by atoms with Gasteiger partial charge in [0, 0.05) is 37.6 Å². The third-order valence-electron chi connectivity index (χ3n) is 6.83. The van der Waals surface area contributed by atoms with Crippen LogP contribution in [0, 0.1) is 0 Å². The zero-order chi connectivity index (χ0) is 26.9. The molecule has 3 aromatic rings. The number of aryl methyl sites for hydroxylation is 1. The summed E-state index contributed by atoms with van der Waals surface area (Å²) in [5.74, 6) is -1.21. The number of aromatic nitrogens is 2. The van der Waals surface area contributed by atoms with Gasteiger partial charge in [0.1, 0.15) is 11.3 Å². The Bertz CT molecular complexity index is 1490. The fourth-order valence-electron chi connectivity index (χ4n) is 4.95. The van der Waals surface area contributed by atoms with Crippen molar-refractivity contribution in [2.75, 3.05) is 25.0 Å². The molecule has 0 bridgehead atoms. The van der Waals surface area contributed by atoms with Gasteiger partial charge in [-0.15, -0.1) is 0 Å². The number of fused-ring (bicyclic) bond motifs is 1. The van der Waals surface area contributed by atoms with Crippen LogP contribution in [-0.2, 0) is 37.2 Å². The first-order valence-electron chi connectivity index (χ1n) is 12.5. The van der Waals surface area contributed by atoms with Crippen molar-refractivity contribution in [3.05, 3.63) is 53.7 Å². The van der Waals surface area contributed by atoms with E-state index in [9.17, 15) is 22.8 Å². The third-order valence-corrected chi connectivity index (χ3v) is 8.68. The molecule has 1 aromatic heterocycles. The normalized spacial score (nSPS) is 18.5. The van der Waals surface area contributed by atoms with E-state index < -0.39 is 15.9 Å². The molecule has 12 heteroatoms. The van der Waals surface area contributed by atoms with Crippen molar-refractivity contribution in [1.29, 1.82) is 0 Å². The van der Waals surface area contributed by atoms with Crippen molar-refractivity contribution in [3.8, 4) is 5.75 Å². The minimum Gasteiger partial charge on any atom is -0.481 e. The van der Waals surface area contributed by atoms with Crippen LogP contribution in [0.15, 0.2) is 42.5 Å². The largest absolute Gasteiger partial charge is 0.481 e. The maximum Gasteiger partial charge on any atom is 0.262 e. The molecule has 5 rings (SSSR count). The van der Waals surface area contributed by atoms with Crippen LogP contribution < -0.4 is 15.4 Å². The summed E-state index contributed by atoms with van der Waals surface area (Å²) in [6.45, 7) is 0.881. The van der Waals surface area contributed by atoms with Crippen LogP contribution in [0.3, 0.4) is 0 Å². The molecule has 38 heavy (non-hydrogen) atoms. The second-order valence-electron chi connectivity index (χ2n) is 9.56. The Kier molecular flexibility index (Phi) is 7.17. The highest BCUT2D eigenvalue weighted by atomic mass is 32.2. The molecule has 0 saturated carbocycles. The van der Waals surface area contributed by atoms with Crippen LogP contribution in [0.4, 0.5) is 5.69 Å². The molecule has 2 N–H and O–H groups in total. The Morgan fingerprint density at radius 2 is 1.87 bits per heavy atom. The highest BCUT2D eigenvalue weighted by Crippen LogP contribution is 2.34. The lowest BCUT2D eigenvalue weighted by atomic mass is 9.93. The van der Waals surface area contributed by atoms with Crippen LogP contribution in [0.5, 0.6) is 5.75 Å². The van der Waals surface area contributed by atoms with Crippen molar-refractivity contribution < 1.29 is 27.5 Å². The number of nitrogens with one attached hydrogen (secondary N) is 2. The van der Waals surface area contributed by atoms with Crippen molar-refractivity contribution >= 4 is 44.3 Å². The first kappa shape index (κ1) is 25.9. The summed E-state index contributed by atoms with van der Waals surface area (Å²) in [5.41, 5.74) is 2.39. The number of hydrogen-bond acceptors (Lipinski definition) is 7. The van der Waals surface area contributed by atoms with Gasteiger partial charge in [-0.25, -0.2) is 12.7 Å². The van der Waals surface area contributed by atoms with E-state index >= 15 is 0 Å². The molecule has 3 heterocycles. The number of hydrogen-bond donors (Lipinski definition) is 2. The zero-order valence-electron chi connectivity index (χ0n) is 21.0. The Balaban J connectivity index is 1.22. The van der Waals surface area contributed by atoms with Crippen molar-refractivity contribution in [2.24, 2.45) is 7.05 Å². The number of piperidine rings is 1. The Labute approximate surface area is 220 Å². The molecule has 3 amide bonds. The fraction of sp³-hybridized carbons (Fsp3) is 0.385. The average Bonchev–Trinajstić information content (AvgIpc) is 3.54. The number of para-hydroxylation sites is 1. The lowest BCUT2D eigenvalue weighted by Gasteiger charge is -2.19. The standard InChI is InChI=1S/C26H29N5O6S/c1-30-25-19(24(29-30)20-11-12-22(32)28-26(20)34)5-4-6-21(25)37-15-23(33)27-18-9-7-17(8-10-18)16-38(35,36)31-13-2-3-14-31/h4-10,20H,2-3,11-16H2,1H3,(H,27,33)(H,28,32,34). The minimum absolute atomic E-state index is 0.0696. The zero-order valence-corrected chi connectivity index (χ0v) is 21.8. The van der Waals surface area contributed by atoms with E-state index in [-0.39, 0.29) is 36.5 Å². The quantitative estimate of drug-likeness (QED) is 0.418. The molecule has 0 spiro atoms. The van der Waals surface area contributed by atoms with E-state index in [0.717, 1.165) is 18.2 Å². The Hall–Kier alpha value is -3.77. The molecule has 2 saturated heterocycles. The van der Waals surface area contributed by atoms with Gasteiger partial charge in [0.25, 0.3) is 5.91 Å². The summed E-state index contributed by atoms with van der Waals surface area (Å²) in [4.78, 5) is 36.5. The van der Waals surface area contributed by atoms with E-state index in [1.165, 1.54) is 4.31 Å². The highest BCUT2D eigenvalue weighted by Gasteiger charge is 2.32. The molecule has 2 aromatic carbocycles. The molecular formula is C26H29N5O6S. The molecule has 2 fully saturated rings. The monoisotopic (exact) mass is 539 g/mol. The van der Waals surface area contributed by atoms with Crippen LogP contribution >= 0.6 is 0 Å². The van der Waals surface area contributed by atoms with Crippen molar-refractivity contribution in [1.82, 2.24) is 19.4 Å². The van der Waals surface area contributed by atoms with Crippen LogP contribution in [-0.4, -0.2) is 59.9 Å². The Morgan fingerprint density at radius 3 is 2.58 bits per heavy atom. The molecule has 1 atom stereocenters. The molecule has 2 aliphatic heterocycles. The minimum atomic E-state index is -3.34. The van der Waals surface area contributed by atoms with Gasteiger partial charge in [-0.1, -0.05) is 24.3 Å². The molecular weight excluding hydrogens is 510 g/mol. The second kappa shape index (κ2) is 10.5. The number of nitrogens with zero attached hydrogens (tertiary/aromatic N) is 3. The number of ether oxygens (including phenoxy) is 1. The molecule has 0 aliphatic carbocycles. The number of rotatable bonds is 8. The molecule has 0 radical (unpaired) electrons. The van der Waals surface area contributed by atoms with Gasteiger partial charge in [0.05, 0.1) is 17.4 Å². The predicted molar refractivity (Wildman–Crippen MR) is 140 cm³/mol. The van der Waals surface area contributed by atoms with Gasteiger partial charge in [0.2, 0.25) is 21.8 Å². The van der Waals surface area contributed by atoms with E-state index in [1.807, 2.05) is 6.07 Å². The van der Waals surface area contributed by atoms with Gasteiger partial charge in [-0.05, 0) is 43.0 Å². The van der Waals surface area contributed by atoms with Crippen LogP contribution in [0.1, 0.15) is 42.9 Å². The summed E-state index contributed by atoms with van der Waals surface area (Å²) in [6, 6.07) is 12.0. The number of benzene rings is 2. The number of carbonyl (C=O) groups is 3. The van der Waals surface area contributed by atoms with E-state index in [1.54, 1.807) is 48.1 Å². The summed E-state index contributed by atoms with van der Waals surface area (Å²) in [6.07, 6.45) is 2.41. The van der Waals surface area contributed by atoms with Crippen molar-refractivity contribution in [3.63, 3.8) is 0 Å².